The molecule has 0 fully saturated rings. The number of amides is 1. The van der Waals surface area contributed by atoms with Crippen LogP contribution in [0.2, 0.25) is 0 Å². The molecule has 2 rings (SSSR count). The lowest BCUT2D eigenvalue weighted by molar-refractivity contribution is -0.115. The summed E-state index contributed by atoms with van der Waals surface area (Å²) in [4.78, 5) is 16.0. The summed E-state index contributed by atoms with van der Waals surface area (Å²) in [5.74, 6) is -0.0575. The molecule has 1 aromatic carbocycles. The van der Waals surface area contributed by atoms with Crippen molar-refractivity contribution >= 4 is 27.5 Å². The molecule has 0 aliphatic heterocycles. The van der Waals surface area contributed by atoms with Crippen molar-refractivity contribution in [3.63, 3.8) is 0 Å². The molecule has 0 aliphatic rings. The topological polar surface area (TPSA) is 54.0 Å². The quantitative estimate of drug-likeness (QED) is 0.799. The van der Waals surface area contributed by atoms with Gasteiger partial charge in [0.15, 0.2) is 0 Å². The number of aromatic nitrogens is 1. The van der Waals surface area contributed by atoms with Gasteiger partial charge in [-0.2, -0.15) is 0 Å². The molecule has 0 unspecified atom stereocenters. The molecule has 1 heterocycles. The maximum absolute atomic E-state index is 11.8. The van der Waals surface area contributed by atoms with E-state index in [2.05, 4.69) is 31.5 Å². The number of anilines is 1. The van der Waals surface area contributed by atoms with Crippen molar-refractivity contribution in [3.05, 3.63) is 58.8 Å². The molecule has 0 spiro atoms. The van der Waals surface area contributed by atoms with E-state index in [1.807, 2.05) is 42.5 Å². The molecule has 1 amide bonds. The number of carbonyl (C=O) groups is 1. The van der Waals surface area contributed by atoms with Gasteiger partial charge in [0.1, 0.15) is 0 Å². The summed E-state index contributed by atoms with van der Waals surface area (Å²) < 4.78 is 0.877. The zero-order valence-electron chi connectivity index (χ0n) is 11.0. The van der Waals surface area contributed by atoms with E-state index >= 15 is 0 Å². The number of halogens is 1. The zero-order chi connectivity index (χ0) is 14.2. The van der Waals surface area contributed by atoms with Crippen LogP contribution in [-0.2, 0) is 11.2 Å². The van der Waals surface area contributed by atoms with Crippen LogP contribution < -0.4 is 10.6 Å². The van der Waals surface area contributed by atoms with Crippen LogP contribution in [-0.4, -0.2) is 24.0 Å². The average Bonchev–Trinajstić information content (AvgIpc) is 2.47. The van der Waals surface area contributed by atoms with E-state index in [0.717, 1.165) is 28.8 Å². The minimum Gasteiger partial charge on any atom is -0.324 e. The Kier molecular flexibility index (Phi) is 5.70. The fourth-order valence-corrected chi connectivity index (χ4v) is 2.11. The monoisotopic (exact) mass is 333 g/mol. The van der Waals surface area contributed by atoms with E-state index in [1.165, 1.54) is 0 Å². The molecule has 0 radical (unpaired) electrons. The Morgan fingerprint density at radius 1 is 1.15 bits per heavy atom. The summed E-state index contributed by atoms with van der Waals surface area (Å²) in [6, 6.07) is 13.4. The summed E-state index contributed by atoms with van der Waals surface area (Å²) in [5, 5.41) is 5.95. The molecule has 2 N–H and O–H groups in total. The van der Waals surface area contributed by atoms with Crippen LogP contribution in [0.4, 0.5) is 5.69 Å². The average molecular weight is 334 g/mol. The first-order valence-electron chi connectivity index (χ1n) is 6.41. The lowest BCUT2D eigenvalue weighted by atomic mass is 10.3. The largest absolute Gasteiger partial charge is 0.324 e. The fourth-order valence-electron chi connectivity index (χ4n) is 1.72. The molecule has 0 bridgehead atoms. The van der Waals surface area contributed by atoms with Crippen molar-refractivity contribution in [2.75, 3.05) is 18.4 Å². The van der Waals surface area contributed by atoms with Gasteiger partial charge in [0.2, 0.25) is 5.91 Å². The molecule has 4 nitrogen and oxygen atoms in total. The summed E-state index contributed by atoms with van der Waals surface area (Å²) in [5.41, 5.74) is 1.80. The predicted molar refractivity (Wildman–Crippen MR) is 83.6 cm³/mol. The van der Waals surface area contributed by atoms with Crippen molar-refractivity contribution in [1.82, 2.24) is 10.3 Å². The van der Waals surface area contributed by atoms with E-state index in [9.17, 15) is 4.79 Å². The third kappa shape index (κ3) is 4.75. The normalized spacial score (nSPS) is 10.2. The van der Waals surface area contributed by atoms with Crippen LogP contribution in [0.5, 0.6) is 0 Å². The SMILES string of the molecule is O=C(CNCCc1ccccn1)Nc1ccccc1Br. The molecular weight excluding hydrogens is 318 g/mol. The zero-order valence-corrected chi connectivity index (χ0v) is 12.6. The van der Waals surface area contributed by atoms with Crippen molar-refractivity contribution in [3.8, 4) is 0 Å². The molecule has 0 saturated carbocycles. The first-order valence-corrected chi connectivity index (χ1v) is 7.20. The molecule has 1 aromatic heterocycles. The smallest absolute Gasteiger partial charge is 0.238 e. The minimum atomic E-state index is -0.0575. The number of para-hydroxylation sites is 1. The molecule has 0 atom stereocenters. The first kappa shape index (κ1) is 14.7. The van der Waals surface area contributed by atoms with Gasteiger partial charge in [0.25, 0.3) is 0 Å². The standard InChI is InChI=1S/C15H16BrN3O/c16-13-6-1-2-7-14(13)19-15(20)11-17-10-8-12-5-3-4-9-18-12/h1-7,9,17H,8,10-11H2,(H,19,20). The number of pyridine rings is 1. The van der Waals surface area contributed by atoms with E-state index in [1.54, 1.807) is 6.20 Å². The Bertz CT molecular complexity index is 560. The van der Waals surface area contributed by atoms with E-state index in [-0.39, 0.29) is 12.5 Å². The Hall–Kier alpha value is -1.72. The first-order chi connectivity index (χ1) is 9.75. The maximum atomic E-state index is 11.8. The number of benzene rings is 1. The van der Waals surface area contributed by atoms with Crippen LogP contribution in [0.3, 0.4) is 0 Å². The Balaban J connectivity index is 1.69. The highest BCUT2D eigenvalue weighted by Gasteiger charge is 2.04. The van der Waals surface area contributed by atoms with Crippen molar-refractivity contribution < 1.29 is 4.79 Å². The number of carbonyl (C=O) groups excluding carboxylic acids is 1. The predicted octanol–water partition coefficient (Wildman–Crippen LogP) is 2.61. The molecular formula is C15H16BrN3O. The maximum Gasteiger partial charge on any atom is 0.238 e. The summed E-state index contributed by atoms with van der Waals surface area (Å²) >= 11 is 3.39. The Morgan fingerprint density at radius 2 is 1.95 bits per heavy atom. The lowest BCUT2D eigenvalue weighted by Gasteiger charge is -2.08. The van der Waals surface area contributed by atoms with Gasteiger partial charge < -0.3 is 10.6 Å². The summed E-state index contributed by atoms with van der Waals surface area (Å²) in [6.45, 7) is 1.01. The van der Waals surface area contributed by atoms with Crippen LogP contribution in [0, 0.1) is 0 Å². The van der Waals surface area contributed by atoms with E-state index in [4.69, 9.17) is 0 Å². The van der Waals surface area contributed by atoms with Crippen LogP contribution in [0.1, 0.15) is 5.69 Å². The second-order valence-corrected chi connectivity index (χ2v) is 5.13. The van der Waals surface area contributed by atoms with Crippen molar-refractivity contribution in [2.24, 2.45) is 0 Å². The molecule has 5 heteroatoms. The van der Waals surface area contributed by atoms with Crippen molar-refractivity contribution in [2.45, 2.75) is 6.42 Å². The minimum absolute atomic E-state index is 0.0575. The van der Waals surface area contributed by atoms with Crippen LogP contribution >= 0.6 is 15.9 Å². The van der Waals surface area contributed by atoms with Gasteiger partial charge in [-0.25, -0.2) is 0 Å². The van der Waals surface area contributed by atoms with Gasteiger partial charge in [-0.3, -0.25) is 9.78 Å². The molecule has 2 aromatic rings. The number of hydrogen-bond donors (Lipinski definition) is 2. The van der Waals surface area contributed by atoms with Gasteiger partial charge in [0, 0.05) is 29.3 Å². The number of hydrogen-bond acceptors (Lipinski definition) is 3. The third-order valence-corrected chi connectivity index (χ3v) is 3.41. The van der Waals surface area contributed by atoms with Crippen molar-refractivity contribution in [1.29, 1.82) is 0 Å². The molecule has 0 aliphatic carbocycles. The second-order valence-electron chi connectivity index (χ2n) is 4.28. The number of rotatable bonds is 6. The van der Waals surface area contributed by atoms with E-state index in [0.29, 0.717) is 0 Å². The Morgan fingerprint density at radius 3 is 2.70 bits per heavy atom. The van der Waals surface area contributed by atoms with Gasteiger partial charge >= 0.3 is 0 Å². The number of nitrogens with one attached hydrogen (secondary N) is 2. The van der Waals surface area contributed by atoms with E-state index < -0.39 is 0 Å². The molecule has 104 valence electrons. The van der Waals surface area contributed by atoms with Gasteiger partial charge in [0.05, 0.1) is 12.2 Å². The highest BCUT2D eigenvalue weighted by molar-refractivity contribution is 9.10. The molecule has 0 saturated heterocycles. The lowest BCUT2D eigenvalue weighted by Crippen LogP contribution is -2.29. The summed E-state index contributed by atoms with van der Waals surface area (Å²) in [6.07, 6.45) is 2.58. The highest BCUT2D eigenvalue weighted by Crippen LogP contribution is 2.20. The van der Waals surface area contributed by atoms with Crippen LogP contribution in [0.15, 0.2) is 53.1 Å². The Labute approximate surface area is 126 Å². The van der Waals surface area contributed by atoms with Gasteiger partial charge in [-0.1, -0.05) is 18.2 Å². The fraction of sp³-hybridized carbons (Fsp3) is 0.200. The second kappa shape index (κ2) is 7.77. The number of nitrogens with zero attached hydrogens (tertiary/aromatic N) is 1. The van der Waals surface area contributed by atoms with Gasteiger partial charge in [-0.05, 0) is 40.2 Å². The van der Waals surface area contributed by atoms with Gasteiger partial charge in [-0.15, -0.1) is 0 Å². The molecule has 20 heavy (non-hydrogen) atoms. The third-order valence-electron chi connectivity index (χ3n) is 2.72. The van der Waals surface area contributed by atoms with Crippen LogP contribution in [0.25, 0.3) is 0 Å². The summed E-state index contributed by atoms with van der Waals surface area (Å²) in [7, 11) is 0. The highest BCUT2D eigenvalue weighted by atomic mass is 79.9.